The Balaban J connectivity index is 0.00000364. The molecule has 1 aromatic heterocycles. The molecule has 3 N–H and O–H groups in total. The summed E-state index contributed by atoms with van der Waals surface area (Å²) >= 11 is 1.37. The minimum absolute atomic E-state index is 0. The van der Waals surface area contributed by atoms with Crippen molar-refractivity contribution in [2.75, 3.05) is 40.2 Å². The molecule has 0 aliphatic rings. The fourth-order valence-electron chi connectivity index (χ4n) is 2.24. The second-order valence-electron chi connectivity index (χ2n) is 5.57. The third kappa shape index (κ3) is 5.31. The Morgan fingerprint density at radius 2 is 1.85 bits per heavy atom. The Kier molecular flexibility index (Phi) is 8.48. The molecule has 8 nitrogen and oxygen atoms in total. The number of hydrogen-bond acceptors (Lipinski definition) is 7. The van der Waals surface area contributed by atoms with E-state index in [9.17, 15) is 9.59 Å². The molecule has 0 saturated carbocycles. The maximum Gasteiger partial charge on any atom is 0.275 e. The van der Waals surface area contributed by atoms with Crippen molar-refractivity contribution >= 4 is 41.2 Å². The van der Waals surface area contributed by atoms with Crippen molar-refractivity contribution in [2.24, 2.45) is 5.73 Å². The van der Waals surface area contributed by atoms with Crippen molar-refractivity contribution in [3.63, 3.8) is 0 Å². The Bertz CT molecular complexity index is 810. The number of nitrogens with one attached hydrogen (secondary N) is 1. The molecule has 0 atom stereocenters. The summed E-state index contributed by atoms with van der Waals surface area (Å²) in [7, 11) is 6.22. The predicted molar refractivity (Wildman–Crippen MR) is 108 cm³/mol. The molecule has 27 heavy (non-hydrogen) atoms. The van der Waals surface area contributed by atoms with Gasteiger partial charge in [0.2, 0.25) is 0 Å². The van der Waals surface area contributed by atoms with Crippen LogP contribution >= 0.6 is 23.7 Å². The smallest absolute Gasteiger partial charge is 0.275 e. The van der Waals surface area contributed by atoms with Crippen LogP contribution in [-0.2, 0) is 6.42 Å². The number of carbonyl (C=O) groups excluding carboxylic acids is 2. The van der Waals surface area contributed by atoms with Gasteiger partial charge in [-0.25, -0.2) is 4.98 Å². The standard InChI is InChI=1S/C17H22N4O4S.ClH/c1-21(2)17(23)10-7-13(24-3)14(25-4)8-11(10)20-16(22)12-9-26-15(19-12)5-6-18;/h7-9H,5-6,18H2,1-4H3,(H,20,22);1H. The summed E-state index contributed by atoms with van der Waals surface area (Å²) in [6.45, 7) is 0.464. The monoisotopic (exact) mass is 414 g/mol. The van der Waals surface area contributed by atoms with Crippen LogP contribution in [0.5, 0.6) is 11.5 Å². The fourth-order valence-corrected chi connectivity index (χ4v) is 3.03. The molecule has 0 radical (unpaired) electrons. The van der Waals surface area contributed by atoms with E-state index in [2.05, 4.69) is 10.3 Å². The zero-order chi connectivity index (χ0) is 19.3. The highest BCUT2D eigenvalue weighted by Crippen LogP contribution is 2.34. The first kappa shape index (κ1) is 22.7. The van der Waals surface area contributed by atoms with E-state index in [4.69, 9.17) is 15.2 Å². The van der Waals surface area contributed by atoms with Crippen LogP contribution in [0.4, 0.5) is 5.69 Å². The molecule has 2 aromatic rings. The summed E-state index contributed by atoms with van der Waals surface area (Å²) in [5, 5.41) is 5.18. The lowest BCUT2D eigenvalue weighted by Crippen LogP contribution is -2.24. The zero-order valence-corrected chi connectivity index (χ0v) is 17.2. The molecule has 148 valence electrons. The predicted octanol–water partition coefficient (Wildman–Crippen LogP) is 2.04. The molecule has 0 aliphatic carbocycles. The van der Waals surface area contributed by atoms with Crippen molar-refractivity contribution in [2.45, 2.75) is 6.42 Å². The largest absolute Gasteiger partial charge is 0.493 e. The molecule has 1 heterocycles. The molecule has 0 fully saturated rings. The van der Waals surface area contributed by atoms with E-state index in [1.54, 1.807) is 25.5 Å². The van der Waals surface area contributed by atoms with Crippen LogP contribution in [0.15, 0.2) is 17.5 Å². The van der Waals surface area contributed by atoms with E-state index >= 15 is 0 Å². The lowest BCUT2D eigenvalue weighted by Gasteiger charge is -2.17. The van der Waals surface area contributed by atoms with E-state index in [0.717, 1.165) is 5.01 Å². The molecule has 0 spiro atoms. The second-order valence-corrected chi connectivity index (χ2v) is 6.51. The molecule has 10 heteroatoms. The van der Waals surface area contributed by atoms with E-state index in [-0.39, 0.29) is 24.0 Å². The van der Waals surface area contributed by atoms with Crippen LogP contribution in [-0.4, -0.2) is 56.6 Å². The normalized spacial score (nSPS) is 9.96. The Labute approximate surface area is 168 Å². The van der Waals surface area contributed by atoms with E-state index in [1.807, 2.05) is 0 Å². The number of methoxy groups -OCH3 is 2. The quantitative estimate of drug-likeness (QED) is 0.717. The lowest BCUT2D eigenvalue weighted by molar-refractivity contribution is 0.0828. The average molecular weight is 415 g/mol. The maximum absolute atomic E-state index is 12.5. The van der Waals surface area contributed by atoms with E-state index in [1.165, 1.54) is 36.5 Å². The van der Waals surface area contributed by atoms with Crippen LogP contribution < -0.4 is 20.5 Å². The van der Waals surface area contributed by atoms with E-state index < -0.39 is 5.91 Å². The van der Waals surface area contributed by atoms with Gasteiger partial charge in [-0.15, -0.1) is 23.7 Å². The van der Waals surface area contributed by atoms with Crippen LogP contribution in [0.2, 0.25) is 0 Å². The van der Waals surface area contributed by atoms with Gasteiger partial charge in [0.1, 0.15) is 5.69 Å². The summed E-state index contributed by atoms with van der Waals surface area (Å²) in [5.41, 5.74) is 6.39. The number of thiazole rings is 1. The Morgan fingerprint density at radius 3 is 2.41 bits per heavy atom. The number of nitrogens with zero attached hydrogens (tertiary/aromatic N) is 2. The highest BCUT2D eigenvalue weighted by Gasteiger charge is 2.21. The number of aromatic nitrogens is 1. The number of benzene rings is 1. The van der Waals surface area contributed by atoms with Crippen LogP contribution in [0.1, 0.15) is 25.9 Å². The van der Waals surface area contributed by atoms with Gasteiger partial charge >= 0.3 is 0 Å². The van der Waals surface area contributed by atoms with Crippen molar-refractivity contribution in [1.82, 2.24) is 9.88 Å². The highest BCUT2D eigenvalue weighted by atomic mass is 35.5. The summed E-state index contributed by atoms with van der Waals surface area (Å²) in [4.78, 5) is 30.7. The molecular weight excluding hydrogens is 392 g/mol. The Hall–Kier alpha value is -2.36. The molecule has 1 aromatic carbocycles. The molecule has 0 unspecified atom stereocenters. The van der Waals surface area contributed by atoms with Gasteiger partial charge in [-0.2, -0.15) is 0 Å². The first-order chi connectivity index (χ1) is 12.4. The number of carbonyl (C=O) groups is 2. The van der Waals surface area contributed by atoms with Gasteiger partial charge in [-0.3, -0.25) is 9.59 Å². The number of anilines is 1. The highest BCUT2D eigenvalue weighted by molar-refractivity contribution is 7.09. The van der Waals surface area contributed by atoms with Crippen molar-refractivity contribution in [3.8, 4) is 11.5 Å². The van der Waals surface area contributed by atoms with Crippen LogP contribution in [0.25, 0.3) is 0 Å². The summed E-state index contributed by atoms with van der Waals surface area (Å²) in [5.74, 6) is 0.114. The minimum Gasteiger partial charge on any atom is -0.493 e. The molecule has 0 bridgehead atoms. The maximum atomic E-state index is 12.5. The van der Waals surface area contributed by atoms with Crippen molar-refractivity contribution in [3.05, 3.63) is 33.8 Å². The SMILES string of the molecule is COc1cc(NC(=O)c2csc(CCN)n2)c(C(=O)N(C)C)cc1OC.Cl. The van der Waals surface area contributed by atoms with Gasteiger partial charge in [0, 0.05) is 32.0 Å². The summed E-state index contributed by atoms with van der Waals surface area (Å²) < 4.78 is 10.5. The second kappa shape index (κ2) is 10.1. The number of hydrogen-bond donors (Lipinski definition) is 2. The molecular formula is C17H23ClN4O4S. The first-order valence-corrected chi connectivity index (χ1v) is 8.72. The van der Waals surface area contributed by atoms with E-state index in [0.29, 0.717) is 35.7 Å². The topological polar surface area (TPSA) is 107 Å². The molecule has 2 amide bonds. The number of nitrogens with two attached hydrogens (primary N) is 1. The number of ether oxygens (including phenoxy) is 2. The van der Waals surface area contributed by atoms with Gasteiger partial charge in [-0.1, -0.05) is 0 Å². The van der Waals surface area contributed by atoms with Crippen molar-refractivity contribution in [1.29, 1.82) is 0 Å². The minimum atomic E-state index is -0.412. The van der Waals surface area contributed by atoms with Gasteiger partial charge in [0.25, 0.3) is 11.8 Å². The van der Waals surface area contributed by atoms with Crippen LogP contribution in [0, 0.1) is 0 Å². The van der Waals surface area contributed by atoms with Gasteiger partial charge < -0.3 is 25.4 Å². The molecule has 0 aliphatic heterocycles. The van der Waals surface area contributed by atoms with Gasteiger partial charge in [0.15, 0.2) is 11.5 Å². The number of amides is 2. The zero-order valence-electron chi connectivity index (χ0n) is 15.6. The van der Waals surface area contributed by atoms with Crippen molar-refractivity contribution < 1.29 is 19.1 Å². The third-order valence-corrected chi connectivity index (χ3v) is 4.46. The Morgan fingerprint density at radius 1 is 1.22 bits per heavy atom. The summed E-state index contributed by atoms with van der Waals surface area (Å²) in [6, 6.07) is 3.10. The number of rotatable bonds is 7. The van der Waals surface area contributed by atoms with Gasteiger partial charge in [0.05, 0.1) is 30.5 Å². The fraction of sp³-hybridized carbons (Fsp3) is 0.353. The van der Waals surface area contributed by atoms with Crippen LogP contribution in [0.3, 0.4) is 0 Å². The number of halogens is 1. The molecule has 2 rings (SSSR count). The third-order valence-electron chi connectivity index (χ3n) is 3.55. The first-order valence-electron chi connectivity index (χ1n) is 7.84. The van der Waals surface area contributed by atoms with Gasteiger partial charge in [-0.05, 0) is 12.6 Å². The lowest BCUT2D eigenvalue weighted by atomic mass is 10.1. The molecule has 0 saturated heterocycles. The average Bonchev–Trinajstić information content (AvgIpc) is 3.09. The summed E-state index contributed by atoms with van der Waals surface area (Å²) in [6.07, 6.45) is 0.610.